The summed E-state index contributed by atoms with van der Waals surface area (Å²) >= 11 is 0. The molecular weight excluding hydrogens is 312 g/mol. The zero-order chi connectivity index (χ0) is 17.2. The van der Waals surface area contributed by atoms with Crippen LogP contribution in [0.2, 0.25) is 0 Å². The second kappa shape index (κ2) is 6.40. The minimum absolute atomic E-state index is 0.261. The Morgan fingerprint density at radius 2 is 1.52 bits per heavy atom. The average molecular weight is 330 g/mol. The van der Waals surface area contributed by atoms with Gasteiger partial charge in [-0.2, -0.15) is 0 Å². The van der Waals surface area contributed by atoms with Crippen molar-refractivity contribution in [2.75, 3.05) is 18.0 Å². The summed E-state index contributed by atoms with van der Waals surface area (Å²) < 4.78 is 0. The van der Waals surface area contributed by atoms with Gasteiger partial charge >= 0.3 is 5.97 Å². The average Bonchev–Trinajstić information content (AvgIpc) is 2.61. The van der Waals surface area contributed by atoms with Crippen molar-refractivity contribution in [1.82, 2.24) is 4.98 Å². The standard InChI is InChI=1S/C21H18N2O2/c24-21(25)17-13-23(14-17)18-9-4-8-16(12-18)20-11-5-10-19(22-20)15-6-2-1-3-7-15/h1-12,17H,13-14H2,(H,24,25). The molecule has 1 aromatic heterocycles. The molecule has 4 nitrogen and oxygen atoms in total. The lowest BCUT2D eigenvalue weighted by atomic mass is 9.98. The second-order valence-corrected chi connectivity index (χ2v) is 6.26. The van der Waals surface area contributed by atoms with E-state index in [4.69, 9.17) is 10.1 Å². The Morgan fingerprint density at radius 1 is 0.880 bits per heavy atom. The molecule has 3 aromatic rings. The van der Waals surface area contributed by atoms with Crippen LogP contribution in [0.4, 0.5) is 5.69 Å². The zero-order valence-corrected chi connectivity index (χ0v) is 13.7. The van der Waals surface area contributed by atoms with Crippen LogP contribution in [0.3, 0.4) is 0 Å². The lowest BCUT2D eigenvalue weighted by Crippen LogP contribution is -2.50. The molecule has 1 N–H and O–H groups in total. The SMILES string of the molecule is O=C(O)C1CN(c2cccc(-c3cccc(-c4ccccc4)n3)c2)C1. The van der Waals surface area contributed by atoms with E-state index in [9.17, 15) is 4.79 Å². The lowest BCUT2D eigenvalue weighted by Gasteiger charge is -2.38. The van der Waals surface area contributed by atoms with Crippen LogP contribution < -0.4 is 4.90 Å². The summed E-state index contributed by atoms with van der Waals surface area (Å²) in [7, 11) is 0. The summed E-state index contributed by atoms with van der Waals surface area (Å²) in [6, 6.07) is 24.3. The smallest absolute Gasteiger partial charge is 0.310 e. The fourth-order valence-electron chi connectivity index (χ4n) is 3.07. The van der Waals surface area contributed by atoms with E-state index in [1.54, 1.807) is 0 Å². The summed E-state index contributed by atoms with van der Waals surface area (Å²) in [4.78, 5) is 17.9. The molecule has 2 aromatic carbocycles. The highest BCUT2D eigenvalue weighted by Gasteiger charge is 2.32. The van der Waals surface area contributed by atoms with Crippen molar-refractivity contribution in [2.24, 2.45) is 5.92 Å². The van der Waals surface area contributed by atoms with Crippen molar-refractivity contribution >= 4 is 11.7 Å². The summed E-state index contributed by atoms with van der Waals surface area (Å²) in [5.74, 6) is -0.979. The number of carbonyl (C=O) groups is 1. The number of carboxylic acid groups (broad SMARTS) is 1. The van der Waals surface area contributed by atoms with Gasteiger partial charge in [-0.15, -0.1) is 0 Å². The van der Waals surface area contributed by atoms with Gasteiger partial charge in [0, 0.05) is 29.9 Å². The first-order valence-electron chi connectivity index (χ1n) is 8.31. The monoisotopic (exact) mass is 330 g/mol. The number of pyridine rings is 1. The number of carboxylic acids is 1. The van der Waals surface area contributed by atoms with Crippen LogP contribution >= 0.6 is 0 Å². The second-order valence-electron chi connectivity index (χ2n) is 6.26. The third kappa shape index (κ3) is 3.11. The zero-order valence-electron chi connectivity index (χ0n) is 13.7. The molecule has 0 spiro atoms. The third-order valence-corrected chi connectivity index (χ3v) is 4.56. The first kappa shape index (κ1) is 15.4. The van der Waals surface area contributed by atoms with E-state index in [1.807, 2.05) is 54.6 Å². The summed E-state index contributed by atoms with van der Waals surface area (Å²) in [5, 5.41) is 9.03. The molecule has 1 fully saturated rings. The predicted octanol–water partition coefficient (Wildman–Crippen LogP) is 3.94. The Balaban J connectivity index is 1.61. The van der Waals surface area contributed by atoms with Gasteiger partial charge in [-0.1, -0.05) is 48.5 Å². The van der Waals surface area contributed by atoms with Crippen LogP contribution in [0.1, 0.15) is 0 Å². The Kier molecular flexibility index (Phi) is 3.94. The summed E-state index contributed by atoms with van der Waals surface area (Å²) in [5.41, 5.74) is 5.03. The molecule has 0 aliphatic carbocycles. The van der Waals surface area contributed by atoms with Crippen LogP contribution in [-0.2, 0) is 4.79 Å². The van der Waals surface area contributed by atoms with Crippen LogP contribution in [0.25, 0.3) is 22.5 Å². The minimum Gasteiger partial charge on any atom is -0.481 e. The van der Waals surface area contributed by atoms with E-state index in [0.29, 0.717) is 13.1 Å². The molecule has 0 saturated carbocycles. The van der Waals surface area contributed by atoms with E-state index in [0.717, 1.165) is 28.2 Å². The maximum absolute atomic E-state index is 11.0. The topological polar surface area (TPSA) is 53.4 Å². The normalized spacial score (nSPS) is 14.2. The fraction of sp³-hybridized carbons (Fsp3) is 0.143. The third-order valence-electron chi connectivity index (χ3n) is 4.56. The molecule has 2 heterocycles. The molecule has 4 heteroatoms. The van der Waals surface area contributed by atoms with Gasteiger partial charge in [0.25, 0.3) is 0 Å². The Bertz CT molecular complexity index is 903. The van der Waals surface area contributed by atoms with Crippen molar-refractivity contribution in [3.05, 3.63) is 72.8 Å². The number of rotatable bonds is 4. The fourth-order valence-corrected chi connectivity index (χ4v) is 3.07. The van der Waals surface area contributed by atoms with Gasteiger partial charge in [0.2, 0.25) is 0 Å². The number of aliphatic carboxylic acids is 1. The number of anilines is 1. The highest BCUT2D eigenvalue weighted by molar-refractivity contribution is 5.76. The van der Waals surface area contributed by atoms with E-state index in [2.05, 4.69) is 23.1 Å². The van der Waals surface area contributed by atoms with E-state index >= 15 is 0 Å². The van der Waals surface area contributed by atoms with Gasteiger partial charge in [-0.3, -0.25) is 4.79 Å². The van der Waals surface area contributed by atoms with Crippen molar-refractivity contribution in [2.45, 2.75) is 0 Å². The minimum atomic E-state index is -0.718. The Labute approximate surface area is 146 Å². The van der Waals surface area contributed by atoms with E-state index < -0.39 is 5.97 Å². The maximum Gasteiger partial charge on any atom is 0.310 e. The number of benzene rings is 2. The molecule has 0 bridgehead atoms. The summed E-state index contributed by atoms with van der Waals surface area (Å²) in [6.45, 7) is 1.13. The molecule has 1 saturated heterocycles. The van der Waals surface area contributed by atoms with Gasteiger partial charge in [-0.05, 0) is 24.3 Å². The highest BCUT2D eigenvalue weighted by Crippen LogP contribution is 2.29. The van der Waals surface area contributed by atoms with Crippen molar-refractivity contribution < 1.29 is 9.90 Å². The van der Waals surface area contributed by atoms with Crippen molar-refractivity contribution in [3.8, 4) is 22.5 Å². The van der Waals surface area contributed by atoms with E-state index in [-0.39, 0.29) is 5.92 Å². The number of hydrogen-bond donors (Lipinski definition) is 1. The molecule has 1 aliphatic heterocycles. The number of hydrogen-bond acceptors (Lipinski definition) is 3. The molecule has 4 rings (SSSR count). The van der Waals surface area contributed by atoms with Crippen LogP contribution in [0.15, 0.2) is 72.8 Å². The highest BCUT2D eigenvalue weighted by atomic mass is 16.4. The van der Waals surface area contributed by atoms with Gasteiger partial charge in [0.15, 0.2) is 0 Å². The molecule has 0 atom stereocenters. The molecule has 0 amide bonds. The first-order valence-corrected chi connectivity index (χ1v) is 8.31. The van der Waals surface area contributed by atoms with Crippen LogP contribution in [0, 0.1) is 5.92 Å². The maximum atomic E-state index is 11.0. The van der Waals surface area contributed by atoms with E-state index in [1.165, 1.54) is 0 Å². The molecule has 124 valence electrons. The number of nitrogens with zero attached hydrogens (tertiary/aromatic N) is 2. The lowest BCUT2D eigenvalue weighted by molar-refractivity contribution is -0.142. The van der Waals surface area contributed by atoms with Gasteiger partial charge in [0.1, 0.15) is 0 Å². The molecular formula is C21H18N2O2. The molecule has 0 radical (unpaired) electrons. The van der Waals surface area contributed by atoms with Crippen molar-refractivity contribution in [3.63, 3.8) is 0 Å². The van der Waals surface area contributed by atoms with Crippen molar-refractivity contribution in [1.29, 1.82) is 0 Å². The van der Waals surface area contributed by atoms with Gasteiger partial charge in [-0.25, -0.2) is 4.98 Å². The van der Waals surface area contributed by atoms with Crippen LogP contribution in [-0.4, -0.2) is 29.1 Å². The Hall–Kier alpha value is -3.14. The molecule has 25 heavy (non-hydrogen) atoms. The first-order chi connectivity index (χ1) is 12.2. The largest absolute Gasteiger partial charge is 0.481 e. The van der Waals surface area contributed by atoms with Gasteiger partial charge in [0.05, 0.1) is 17.3 Å². The van der Waals surface area contributed by atoms with Gasteiger partial charge < -0.3 is 10.0 Å². The number of aromatic nitrogens is 1. The molecule has 1 aliphatic rings. The molecule has 0 unspecified atom stereocenters. The summed E-state index contributed by atoms with van der Waals surface area (Å²) in [6.07, 6.45) is 0. The predicted molar refractivity (Wildman–Crippen MR) is 98.4 cm³/mol. The van der Waals surface area contributed by atoms with Crippen LogP contribution in [0.5, 0.6) is 0 Å². The Morgan fingerprint density at radius 3 is 2.24 bits per heavy atom. The quantitative estimate of drug-likeness (QED) is 0.787.